The Kier molecular flexibility index (Phi) is 6.19. The highest BCUT2D eigenvalue weighted by Gasteiger charge is 2.18. The zero-order valence-electron chi connectivity index (χ0n) is 23.8. The molecule has 8 aromatic rings. The van der Waals surface area contributed by atoms with E-state index in [0.29, 0.717) is 0 Å². The smallest absolute Gasteiger partial charge is 0.123 e. The molecule has 1 heterocycles. The molecular formula is C40H28FN3. The summed E-state index contributed by atoms with van der Waals surface area (Å²) in [6.07, 6.45) is -0.509. The van der Waals surface area contributed by atoms with Crippen molar-refractivity contribution in [3.8, 4) is 33.5 Å². The molecule has 0 saturated carbocycles. The molecule has 8 rings (SSSR count). The fourth-order valence-electron chi connectivity index (χ4n) is 6.46. The SMILES string of the molecule is NC(N)c1cccc(-c2ccc(-c3ccc4c(c3)nc(-c3ccc(F)cc3)c3c5ccccc5c5ccccc5c43)cc2)c1. The summed E-state index contributed by atoms with van der Waals surface area (Å²) in [4.78, 5) is 5.29. The molecule has 0 fully saturated rings. The number of hydrogen-bond acceptors (Lipinski definition) is 3. The van der Waals surface area contributed by atoms with Gasteiger partial charge in [0.05, 0.1) is 17.4 Å². The number of pyridine rings is 1. The number of fused-ring (bicyclic) bond motifs is 8. The van der Waals surface area contributed by atoms with Gasteiger partial charge in [0.2, 0.25) is 0 Å². The molecule has 0 aliphatic heterocycles. The molecule has 4 N–H and O–H groups in total. The molecule has 0 aliphatic carbocycles. The monoisotopic (exact) mass is 569 g/mol. The van der Waals surface area contributed by atoms with Crippen molar-refractivity contribution >= 4 is 43.2 Å². The first-order chi connectivity index (χ1) is 21.5. The molecule has 4 heteroatoms. The average Bonchev–Trinajstić information content (AvgIpc) is 3.08. The third-order valence-electron chi connectivity index (χ3n) is 8.61. The van der Waals surface area contributed by atoms with Crippen molar-refractivity contribution in [3.63, 3.8) is 0 Å². The minimum Gasteiger partial charge on any atom is -0.312 e. The second kappa shape index (κ2) is 10.4. The fourth-order valence-corrected chi connectivity index (χ4v) is 6.46. The van der Waals surface area contributed by atoms with Gasteiger partial charge in [0.1, 0.15) is 5.82 Å². The predicted octanol–water partition coefficient (Wildman–Crippen LogP) is 9.75. The van der Waals surface area contributed by atoms with Crippen molar-refractivity contribution in [2.24, 2.45) is 11.5 Å². The van der Waals surface area contributed by atoms with E-state index in [1.165, 1.54) is 28.3 Å². The van der Waals surface area contributed by atoms with E-state index >= 15 is 0 Å². The van der Waals surface area contributed by atoms with Gasteiger partial charge >= 0.3 is 0 Å². The number of nitrogens with two attached hydrogens (primary N) is 2. The summed E-state index contributed by atoms with van der Waals surface area (Å²) in [5, 5.41) is 8.01. The van der Waals surface area contributed by atoms with Crippen LogP contribution in [0.1, 0.15) is 11.7 Å². The molecule has 44 heavy (non-hydrogen) atoms. The van der Waals surface area contributed by atoms with Crippen molar-refractivity contribution in [2.75, 3.05) is 0 Å². The van der Waals surface area contributed by atoms with Crippen molar-refractivity contribution in [3.05, 3.63) is 151 Å². The number of nitrogens with zero attached hydrogens (tertiary/aromatic N) is 1. The second-order valence-electron chi connectivity index (χ2n) is 11.3. The van der Waals surface area contributed by atoms with Gasteiger partial charge in [-0.1, -0.05) is 103 Å². The Labute approximate surface area is 254 Å². The highest BCUT2D eigenvalue weighted by atomic mass is 19.1. The van der Waals surface area contributed by atoms with E-state index in [1.807, 2.05) is 30.3 Å². The van der Waals surface area contributed by atoms with Gasteiger partial charge in [0, 0.05) is 21.7 Å². The summed E-state index contributed by atoms with van der Waals surface area (Å²) in [6, 6.07) is 46.8. The summed E-state index contributed by atoms with van der Waals surface area (Å²) in [5.74, 6) is -0.266. The van der Waals surface area contributed by atoms with E-state index in [4.69, 9.17) is 16.5 Å². The minimum atomic E-state index is -0.509. The average molecular weight is 570 g/mol. The van der Waals surface area contributed by atoms with E-state index in [2.05, 4.69) is 97.1 Å². The van der Waals surface area contributed by atoms with E-state index in [1.54, 1.807) is 0 Å². The molecule has 0 aliphatic rings. The first kappa shape index (κ1) is 26.2. The van der Waals surface area contributed by atoms with Crippen LogP contribution in [-0.4, -0.2) is 4.98 Å². The minimum absolute atomic E-state index is 0.266. The van der Waals surface area contributed by atoms with Crippen molar-refractivity contribution in [2.45, 2.75) is 6.17 Å². The van der Waals surface area contributed by atoms with Crippen LogP contribution in [0.4, 0.5) is 4.39 Å². The Hall–Kier alpha value is -5.42. The highest BCUT2D eigenvalue weighted by Crippen LogP contribution is 2.43. The van der Waals surface area contributed by atoms with Gasteiger partial charge in [0.15, 0.2) is 0 Å². The standard InChI is InChI=1S/C40H28FN3/c41-30-19-16-26(17-20-30)39-38-34-11-4-2-9-32(34)31-8-1-3-10-33(31)37(38)35-21-18-28(23-36(35)44-39)25-14-12-24(13-15-25)27-6-5-7-29(22-27)40(42)43/h1-23,40H,42-43H2. The van der Waals surface area contributed by atoms with Crippen molar-refractivity contribution in [1.82, 2.24) is 4.98 Å². The third kappa shape index (κ3) is 4.32. The van der Waals surface area contributed by atoms with Crippen LogP contribution < -0.4 is 11.5 Å². The molecule has 1 aromatic heterocycles. The zero-order chi connectivity index (χ0) is 29.8. The van der Waals surface area contributed by atoms with Crippen molar-refractivity contribution in [1.29, 1.82) is 0 Å². The molecule has 0 spiro atoms. The normalized spacial score (nSPS) is 11.7. The Balaban J connectivity index is 1.36. The van der Waals surface area contributed by atoms with Gasteiger partial charge in [-0.15, -0.1) is 0 Å². The maximum atomic E-state index is 14.0. The molecule has 210 valence electrons. The van der Waals surface area contributed by atoms with E-state index < -0.39 is 6.17 Å². The largest absolute Gasteiger partial charge is 0.312 e. The van der Waals surface area contributed by atoms with Crippen LogP contribution in [0.25, 0.3) is 76.7 Å². The molecular weight excluding hydrogens is 541 g/mol. The highest BCUT2D eigenvalue weighted by molar-refractivity contribution is 6.33. The lowest BCUT2D eigenvalue weighted by atomic mass is 9.89. The Morgan fingerprint density at radius 1 is 0.455 bits per heavy atom. The Morgan fingerprint density at radius 3 is 1.64 bits per heavy atom. The van der Waals surface area contributed by atoms with Crippen LogP contribution in [0.5, 0.6) is 0 Å². The Bertz CT molecular complexity index is 2360. The summed E-state index contributed by atoms with van der Waals surface area (Å²) >= 11 is 0. The summed E-state index contributed by atoms with van der Waals surface area (Å²) < 4.78 is 14.0. The number of aromatic nitrogens is 1. The van der Waals surface area contributed by atoms with E-state index in [0.717, 1.165) is 66.1 Å². The number of halogens is 1. The first-order valence-corrected chi connectivity index (χ1v) is 14.7. The van der Waals surface area contributed by atoms with Crippen LogP contribution in [0.15, 0.2) is 140 Å². The second-order valence-corrected chi connectivity index (χ2v) is 11.3. The molecule has 0 bridgehead atoms. The molecule has 0 saturated heterocycles. The lowest BCUT2D eigenvalue weighted by molar-refractivity contribution is 0.628. The van der Waals surface area contributed by atoms with E-state index in [9.17, 15) is 4.39 Å². The number of hydrogen-bond donors (Lipinski definition) is 2. The maximum Gasteiger partial charge on any atom is 0.123 e. The van der Waals surface area contributed by atoms with Crippen LogP contribution in [0.3, 0.4) is 0 Å². The fraction of sp³-hybridized carbons (Fsp3) is 0.0250. The van der Waals surface area contributed by atoms with Crippen LogP contribution in [-0.2, 0) is 0 Å². The number of benzene rings is 7. The lowest BCUT2D eigenvalue weighted by Gasteiger charge is -2.17. The molecule has 0 radical (unpaired) electrons. The van der Waals surface area contributed by atoms with Crippen molar-refractivity contribution < 1.29 is 4.39 Å². The first-order valence-electron chi connectivity index (χ1n) is 14.7. The summed E-state index contributed by atoms with van der Waals surface area (Å²) in [5.41, 5.74) is 19.7. The van der Waals surface area contributed by atoms with Gasteiger partial charge in [-0.2, -0.15) is 0 Å². The van der Waals surface area contributed by atoms with Gasteiger partial charge < -0.3 is 11.5 Å². The van der Waals surface area contributed by atoms with Gasteiger partial charge in [-0.3, -0.25) is 0 Å². The van der Waals surface area contributed by atoms with Crippen LogP contribution in [0, 0.1) is 5.82 Å². The molecule has 3 nitrogen and oxygen atoms in total. The van der Waals surface area contributed by atoms with Crippen LogP contribution in [0.2, 0.25) is 0 Å². The number of rotatable bonds is 4. The van der Waals surface area contributed by atoms with Gasteiger partial charge in [-0.05, 0) is 85.8 Å². The summed E-state index contributed by atoms with van der Waals surface area (Å²) in [6.45, 7) is 0. The molecule has 7 aromatic carbocycles. The van der Waals surface area contributed by atoms with Crippen LogP contribution >= 0.6 is 0 Å². The topological polar surface area (TPSA) is 64.9 Å². The van der Waals surface area contributed by atoms with Gasteiger partial charge in [-0.25, -0.2) is 9.37 Å². The maximum absolute atomic E-state index is 14.0. The summed E-state index contributed by atoms with van der Waals surface area (Å²) in [7, 11) is 0. The Morgan fingerprint density at radius 2 is 1.00 bits per heavy atom. The van der Waals surface area contributed by atoms with E-state index in [-0.39, 0.29) is 5.82 Å². The lowest BCUT2D eigenvalue weighted by Crippen LogP contribution is -2.19. The van der Waals surface area contributed by atoms with Gasteiger partial charge in [0.25, 0.3) is 0 Å². The zero-order valence-corrected chi connectivity index (χ0v) is 23.8. The molecule has 0 atom stereocenters. The predicted molar refractivity (Wildman–Crippen MR) is 182 cm³/mol. The third-order valence-corrected chi connectivity index (χ3v) is 8.61. The molecule has 0 unspecified atom stereocenters. The quantitative estimate of drug-likeness (QED) is 0.164. The molecule has 0 amide bonds.